The van der Waals surface area contributed by atoms with Gasteiger partial charge in [-0.3, -0.25) is 0 Å². The van der Waals surface area contributed by atoms with Crippen LogP contribution in [0.2, 0.25) is 0 Å². The Morgan fingerprint density at radius 2 is 0.789 bits per heavy atom. The first-order chi connectivity index (χ1) is 8.59. The molecule has 0 rings (SSSR count). The fourth-order valence-electron chi connectivity index (χ4n) is 0.646. The number of Topliss-reactive ketones (excluding diaryl/α,β-unsaturated/α-hetero) is 4. The molecule has 0 aromatic rings. The summed E-state index contributed by atoms with van der Waals surface area (Å²) in [5.41, 5.74) is 0. The molecule has 8 nitrogen and oxygen atoms in total. The standard InChI is InChI=1S/2C4O4.2Na.Ru/c2*5-1-3(7)4(8)2-6;;;. The Labute approximate surface area is 147 Å². The molecule has 0 fully saturated rings. The summed E-state index contributed by atoms with van der Waals surface area (Å²) in [7, 11) is 0. The first kappa shape index (κ1) is 19.0. The van der Waals surface area contributed by atoms with Crippen LogP contribution in [-0.4, -0.2) is 93.8 Å². The summed E-state index contributed by atoms with van der Waals surface area (Å²) in [4.78, 5) is 87.5. The molecule has 0 aliphatic heterocycles. The van der Waals surface area contributed by atoms with Crippen LogP contribution < -0.4 is 0 Å². The normalized spacial score (nSPS) is 9.68. The van der Waals surface area contributed by atoms with Gasteiger partial charge in [-0.15, -0.1) is 0 Å². The zero-order valence-corrected chi connectivity index (χ0v) is 15.4. The topological polar surface area (TPSA) is 137 Å². The second-order valence-corrected chi connectivity index (χ2v) is 6.87. The van der Waals surface area contributed by atoms with E-state index in [0.29, 0.717) is 0 Å². The van der Waals surface area contributed by atoms with E-state index < -0.39 is 55.1 Å². The predicted octanol–water partition coefficient (Wildman–Crippen LogP) is -4.21. The Morgan fingerprint density at radius 1 is 0.526 bits per heavy atom. The van der Waals surface area contributed by atoms with Crippen LogP contribution >= 0.6 is 0 Å². The fourth-order valence-corrected chi connectivity index (χ4v) is 2.25. The van der Waals surface area contributed by atoms with Crippen molar-refractivity contribution in [1.82, 2.24) is 0 Å². The van der Waals surface area contributed by atoms with Crippen LogP contribution in [0.4, 0.5) is 0 Å². The van der Waals surface area contributed by atoms with Gasteiger partial charge in [-0.2, -0.15) is 0 Å². The first-order valence-electron chi connectivity index (χ1n) is 4.49. The number of ketones is 4. The Hall–Kier alpha value is -0.0166. The quantitative estimate of drug-likeness (QED) is 0.238. The third-order valence-electron chi connectivity index (χ3n) is 1.56. The molecule has 0 saturated heterocycles. The van der Waals surface area contributed by atoms with E-state index in [1.54, 1.807) is 0 Å². The zero-order chi connectivity index (χ0) is 15.3. The molecule has 0 radical (unpaired) electrons. The number of hydrogen-bond donors (Lipinski definition) is 0. The van der Waals surface area contributed by atoms with Gasteiger partial charge in [-0.25, -0.2) is 0 Å². The van der Waals surface area contributed by atoms with E-state index in [2.05, 4.69) is 0 Å². The average Bonchev–Trinajstić information content (AvgIpc) is 2.34. The molecule has 0 aliphatic carbocycles. The second kappa shape index (κ2) is 8.31. The van der Waals surface area contributed by atoms with Crippen molar-refractivity contribution < 1.29 is 55.5 Å². The van der Waals surface area contributed by atoms with E-state index in [9.17, 15) is 38.4 Å². The van der Waals surface area contributed by atoms with Crippen LogP contribution in [0.3, 0.4) is 0 Å². The van der Waals surface area contributed by atoms with Crippen molar-refractivity contribution in [3.05, 3.63) is 0 Å². The van der Waals surface area contributed by atoms with Crippen molar-refractivity contribution in [2.24, 2.45) is 0 Å². The molecule has 0 aliphatic rings. The summed E-state index contributed by atoms with van der Waals surface area (Å²) in [6.07, 6.45) is 0. The van der Waals surface area contributed by atoms with Crippen LogP contribution in [-0.2, 0) is 55.5 Å². The predicted molar refractivity (Wildman–Crippen MR) is 51.6 cm³/mol. The van der Waals surface area contributed by atoms with Crippen LogP contribution in [0, 0.1) is 0 Å². The Morgan fingerprint density at radius 3 is 1.00 bits per heavy atom. The summed E-state index contributed by atoms with van der Waals surface area (Å²) in [5, 5.41) is 0. The zero-order valence-electron chi connectivity index (χ0n) is 9.62. The van der Waals surface area contributed by atoms with Crippen molar-refractivity contribution in [3.8, 4) is 0 Å². The van der Waals surface area contributed by atoms with Crippen LogP contribution in [0.1, 0.15) is 0 Å². The molecule has 0 aromatic carbocycles. The molecule has 0 saturated carbocycles. The molecule has 90 valence electrons. The van der Waals surface area contributed by atoms with Crippen molar-refractivity contribution >= 4 is 93.8 Å². The molecule has 11 heteroatoms. The molecule has 0 aromatic heterocycles. The third-order valence-corrected chi connectivity index (χ3v) is 4.05. The van der Waals surface area contributed by atoms with Gasteiger partial charge in [-0.1, -0.05) is 0 Å². The third kappa shape index (κ3) is 5.87. The van der Waals surface area contributed by atoms with Gasteiger partial charge in [-0.05, 0) is 0 Å². The van der Waals surface area contributed by atoms with Gasteiger partial charge in [0.25, 0.3) is 0 Å². The molecule has 0 heterocycles. The number of rotatable bonds is 8. The molecule has 0 atom stereocenters. The average molecular weight is 371 g/mol. The van der Waals surface area contributed by atoms with E-state index in [-0.39, 0.29) is 55.9 Å². The van der Waals surface area contributed by atoms with Gasteiger partial charge in [0.05, 0.1) is 0 Å². The number of hydrogen-bond acceptors (Lipinski definition) is 8. The monoisotopic (exact) mass is 372 g/mol. The van der Waals surface area contributed by atoms with Gasteiger partial charge in [0.15, 0.2) is 0 Å². The van der Waals surface area contributed by atoms with Crippen molar-refractivity contribution in [3.63, 3.8) is 0 Å². The Bertz CT molecular complexity index is 501. The van der Waals surface area contributed by atoms with E-state index in [1.807, 2.05) is 0 Å². The molecular formula is C8Na2O8Ru. The number of carbonyl (C=O) groups is 8. The molecule has 0 N–H and O–H groups in total. The molecule has 0 bridgehead atoms. The van der Waals surface area contributed by atoms with Gasteiger partial charge >= 0.3 is 149 Å². The van der Waals surface area contributed by atoms with Gasteiger partial charge in [0.1, 0.15) is 0 Å². The molecular weight excluding hydrogens is 371 g/mol. The van der Waals surface area contributed by atoms with Gasteiger partial charge < -0.3 is 0 Å². The van der Waals surface area contributed by atoms with Crippen molar-refractivity contribution in [2.75, 3.05) is 0 Å². The minimum atomic E-state index is -2.19. The SMILES string of the molecule is O=[C]([Na])C(=O)C(=O)[C](=O)[Ru][C](=O)C(=O)C(=O)[C](=O)[Na]. The summed E-state index contributed by atoms with van der Waals surface area (Å²) in [6, 6.07) is 0. The van der Waals surface area contributed by atoms with Crippen molar-refractivity contribution in [1.29, 1.82) is 0 Å². The van der Waals surface area contributed by atoms with Crippen LogP contribution in [0.5, 0.6) is 0 Å². The molecule has 0 spiro atoms. The van der Waals surface area contributed by atoms with E-state index in [1.165, 1.54) is 0 Å². The Balaban J connectivity index is 4.81. The minimum absolute atomic E-state index is 0.261. The number of carbonyl (C=O) groups excluding carboxylic acids is 8. The van der Waals surface area contributed by atoms with Crippen LogP contribution in [0.25, 0.3) is 0 Å². The van der Waals surface area contributed by atoms with Crippen molar-refractivity contribution in [2.45, 2.75) is 0 Å². The van der Waals surface area contributed by atoms with Gasteiger partial charge in [0.2, 0.25) is 0 Å². The second-order valence-electron chi connectivity index (χ2n) is 3.04. The maximum atomic E-state index is 11.2. The summed E-state index contributed by atoms with van der Waals surface area (Å²) < 4.78 is -5.01. The Kier molecular flexibility index (Phi) is 8.30. The summed E-state index contributed by atoms with van der Waals surface area (Å²) >= 11 is -2.72. The molecule has 0 unspecified atom stereocenters. The fraction of sp³-hybridized carbons (Fsp3) is 0. The molecule has 19 heavy (non-hydrogen) atoms. The van der Waals surface area contributed by atoms with E-state index in [4.69, 9.17) is 0 Å². The van der Waals surface area contributed by atoms with E-state index >= 15 is 0 Å². The maximum absolute atomic E-state index is 11.2. The van der Waals surface area contributed by atoms with E-state index in [0.717, 1.165) is 0 Å². The first-order valence-corrected chi connectivity index (χ1v) is 8.22. The van der Waals surface area contributed by atoms with Gasteiger partial charge in [0, 0.05) is 0 Å². The molecule has 0 amide bonds. The summed E-state index contributed by atoms with van der Waals surface area (Å²) in [6.45, 7) is 0. The van der Waals surface area contributed by atoms with Crippen LogP contribution in [0.15, 0.2) is 0 Å². The summed E-state index contributed by atoms with van der Waals surface area (Å²) in [5.74, 6) is -6.39.